The Morgan fingerprint density at radius 1 is 1.00 bits per heavy atom. The summed E-state index contributed by atoms with van der Waals surface area (Å²) in [6, 6.07) is 16.1. The Morgan fingerprint density at radius 3 is 2.47 bits per heavy atom. The molecule has 0 bridgehead atoms. The summed E-state index contributed by atoms with van der Waals surface area (Å²) in [7, 11) is 0. The molecule has 0 unspecified atom stereocenters. The fraction of sp³-hybridized carbons (Fsp3) is 0.481. The molecule has 7 heteroatoms. The van der Waals surface area contributed by atoms with E-state index in [2.05, 4.69) is 34.5 Å². The molecule has 2 amide bonds. The van der Waals surface area contributed by atoms with Gasteiger partial charge in [-0.25, -0.2) is 0 Å². The fourth-order valence-electron chi connectivity index (χ4n) is 6.06. The molecule has 1 spiro atoms. The number of nitrogens with one attached hydrogen (secondary N) is 1. The van der Waals surface area contributed by atoms with Gasteiger partial charge in [0.25, 0.3) is 0 Å². The van der Waals surface area contributed by atoms with E-state index in [0.29, 0.717) is 18.3 Å². The highest BCUT2D eigenvalue weighted by Gasteiger charge is 2.41. The lowest BCUT2D eigenvalue weighted by Gasteiger charge is -2.40. The summed E-state index contributed by atoms with van der Waals surface area (Å²) < 4.78 is 0. The van der Waals surface area contributed by atoms with Gasteiger partial charge >= 0.3 is 0 Å². The molecular formula is C27H34ClN3O3. The van der Waals surface area contributed by atoms with E-state index in [0.717, 1.165) is 43.7 Å². The number of likely N-dealkylation sites (tertiary alicyclic amines) is 1. The fourth-order valence-corrected chi connectivity index (χ4v) is 6.06. The van der Waals surface area contributed by atoms with Crippen molar-refractivity contribution in [1.82, 2.24) is 10.2 Å². The first-order chi connectivity index (χ1) is 16.1. The third-order valence-electron chi connectivity index (χ3n) is 7.88. The topological polar surface area (TPSA) is 72.9 Å². The van der Waals surface area contributed by atoms with Crippen molar-refractivity contribution in [2.45, 2.75) is 50.0 Å². The molecule has 1 fully saturated rings. The summed E-state index contributed by atoms with van der Waals surface area (Å²) in [4.78, 5) is 30.1. The lowest BCUT2D eigenvalue weighted by Crippen LogP contribution is -2.49. The van der Waals surface area contributed by atoms with Gasteiger partial charge in [0.15, 0.2) is 0 Å². The highest BCUT2D eigenvalue weighted by atomic mass is 35.5. The van der Waals surface area contributed by atoms with E-state index in [-0.39, 0.29) is 37.4 Å². The van der Waals surface area contributed by atoms with Crippen LogP contribution in [0.15, 0.2) is 48.5 Å². The van der Waals surface area contributed by atoms with Crippen molar-refractivity contribution >= 4 is 29.9 Å². The van der Waals surface area contributed by atoms with Crippen molar-refractivity contribution in [2.24, 2.45) is 0 Å². The highest BCUT2D eigenvalue weighted by Crippen LogP contribution is 2.46. The molecule has 1 aliphatic carbocycles. The second-order valence-electron chi connectivity index (χ2n) is 9.66. The minimum absolute atomic E-state index is 0. The van der Waals surface area contributed by atoms with Gasteiger partial charge in [-0.3, -0.25) is 14.5 Å². The molecule has 34 heavy (non-hydrogen) atoms. The maximum atomic E-state index is 13.3. The molecule has 1 saturated heterocycles. The Hall–Kier alpha value is -2.41. The maximum Gasteiger partial charge on any atom is 0.243 e. The first-order valence-corrected chi connectivity index (χ1v) is 12.2. The molecule has 5 rings (SSSR count). The SMILES string of the molecule is Cl.O=C(NCCO)[C@@H]1Cc2ccccc2N1C(=O)CCN1CCC2(CCc3ccccc32)CC1. The van der Waals surface area contributed by atoms with Gasteiger partial charge < -0.3 is 15.3 Å². The van der Waals surface area contributed by atoms with E-state index in [1.165, 1.54) is 18.4 Å². The number of halogens is 1. The largest absolute Gasteiger partial charge is 0.395 e. The number of aryl methyl sites for hydroxylation is 1. The van der Waals surface area contributed by atoms with Gasteiger partial charge in [0.1, 0.15) is 6.04 Å². The maximum absolute atomic E-state index is 13.3. The molecule has 2 aliphatic heterocycles. The van der Waals surface area contributed by atoms with Crippen LogP contribution >= 0.6 is 12.4 Å². The third kappa shape index (κ3) is 4.59. The number of carbonyl (C=O) groups excluding carboxylic acids is 2. The summed E-state index contributed by atoms with van der Waals surface area (Å²) in [5.41, 5.74) is 5.24. The Labute approximate surface area is 207 Å². The van der Waals surface area contributed by atoms with E-state index in [1.54, 1.807) is 10.5 Å². The van der Waals surface area contributed by atoms with Crippen LogP contribution < -0.4 is 10.2 Å². The normalized spacial score (nSPS) is 20.5. The minimum atomic E-state index is -0.541. The van der Waals surface area contributed by atoms with Crippen molar-refractivity contribution in [3.8, 4) is 0 Å². The second kappa shape index (κ2) is 10.5. The quantitative estimate of drug-likeness (QED) is 0.662. The summed E-state index contributed by atoms with van der Waals surface area (Å²) in [5, 5.41) is 11.8. The zero-order valence-electron chi connectivity index (χ0n) is 19.5. The number of aliphatic hydroxyl groups is 1. The number of amides is 2. The summed E-state index contributed by atoms with van der Waals surface area (Å²) in [6.45, 7) is 2.84. The average molecular weight is 484 g/mol. The van der Waals surface area contributed by atoms with Crippen LogP contribution in [0, 0.1) is 0 Å². The molecule has 0 aromatic heterocycles. The first-order valence-electron chi connectivity index (χ1n) is 12.2. The highest BCUT2D eigenvalue weighted by molar-refractivity contribution is 6.03. The number of fused-ring (bicyclic) bond motifs is 3. The monoisotopic (exact) mass is 483 g/mol. The molecule has 2 aromatic rings. The number of nitrogens with zero attached hydrogens (tertiary/aromatic N) is 2. The summed E-state index contributed by atoms with van der Waals surface area (Å²) in [6.07, 6.45) is 5.65. The van der Waals surface area contributed by atoms with Gasteiger partial charge in [-0.15, -0.1) is 12.4 Å². The molecule has 3 aliphatic rings. The van der Waals surface area contributed by atoms with Crippen LogP contribution in [-0.2, 0) is 27.8 Å². The first kappa shape index (κ1) is 24.7. The summed E-state index contributed by atoms with van der Waals surface area (Å²) >= 11 is 0. The summed E-state index contributed by atoms with van der Waals surface area (Å²) in [5.74, 6) is -0.205. The number of piperidine rings is 1. The smallest absolute Gasteiger partial charge is 0.243 e. The van der Waals surface area contributed by atoms with Crippen LogP contribution in [0.3, 0.4) is 0 Å². The van der Waals surface area contributed by atoms with E-state index < -0.39 is 6.04 Å². The van der Waals surface area contributed by atoms with Gasteiger partial charge in [0.05, 0.1) is 6.61 Å². The van der Waals surface area contributed by atoms with Crippen LogP contribution in [0.5, 0.6) is 0 Å². The minimum Gasteiger partial charge on any atom is -0.395 e. The number of hydrogen-bond donors (Lipinski definition) is 2. The predicted molar refractivity (Wildman–Crippen MR) is 135 cm³/mol. The zero-order chi connectivity index (χ0) is 22.8. The molecule has 0 saturated carbocycles. The van der Waals surface area contributed by atoms with Crippen molar-refractivity contribution in [1.29, 1.82) is 0 Å². The number of anilines is 1. The lowest BCUT2D eigenvalue weighted by molar-refractivity contribution is -0.126. The van der Waals surface area contributed by atoms with Crippen LogP contribution in [0.25, 0.3) is 0 Å². The van der Waals surface area contributed by atoms with Crippen LogP contribution in [0.4, 0.5) is 5.69 Å². The van der Waals surface area contributed by atoms with Gasteiger partial charge in [-0.05, 0) is 66.9 Å². The van der Waals surface area contributed by atoms with Crippen molar-refractivity contribution in [3.05, 3.63) is 65.2 Å². The molecule has 6 nitrogen and oxygen atoms in total. The van der Waals surface area contributed by atoms with E-state index in [9.17, 15) is 9.59 Å². The predicted octanol–water partition coefficient (Wildman–Crippen LogP) is 2.84. The number of benzene rings is 2. The van der Waals surface area contributed by atoms with Crippen LogP contribution in [0.1, 0.15) is 42.4 Å². The van der Waals surface area contributed by atoms with Gasteiger partial charge in [0.2, 0.25) is 11.8 Å². The molecule has 182 valence electrons. The standard InChI is InChI=1S/C27H33N3O3.ClH/c31-18-14-28-26(33)24-19-21-6-2-4-8-23(21)30(24)25(32)10-15-29-16-12-27(13-17-29)11-9-20-5-1-3-7-22(20)27;/h1-8,24,31H,9-19H2,(H,28,33);1H/t24-;/m0./s1. The Kier molecular flexibility index (Phi) is 7.60. The van der Waals surface area contributed by atoms with Gasteiger partial charge in [-0.1, -0.05) is 42.5 Å². The second-order valence-corrected chi connectivity index (χ2v) is 9.66. The average Bonchev–Trinajstić information content (AvgIpc) is 3.41. The molecular weight excluding hydrogens is 450 g/mol. The Morgan fingerprint density at radius 2 is 1.71 bits per heavy atom. The van der Waals surface area contributed by atoms with Crippen molar-refractivity contribution in [2.75, 3.05) is 37.7 Å². The zero-order valence-corrected chi connectivity index (χ0v) is 20.4. The Bertz CT molecular complexity index is 1040. The molecule has 2 heterocycles. The number of hydrogen-bond acceptors (Lipinski definition) is 4. The van der Waals surface area contributed by atoms with Crippen LogP contribution in [-0.4, -0.2) is 60.6 Å². The molecule has 0 radical (unpaired) electrons. The lowest BCUT2D eigenvalue weighted by atomic mass is 9.74. The van der Waals surface area contributed by atoms with E-state index >= 15 is 0 Å². The number of carbonyl (C=O) groups is 2. The molecule has 1 atom stereocenters. The number of aliphatic hydroxyl groups excluding tert-OH is 1. The van der Waals surface area contributed by atoms with E-state index in [4.69, 9.17) is 5.11 Å². The molecule has 2 N–H and O–H groups in total. The van der Waals surface area contributed by atoms with Crippen molar-refractivity contribution < 1.29 is 14.7 Å². The number of rotatable bonds is 6. The van der Waals surface area contributed by atoms with Crippen LogP contribution in [0.2, 0.25) is 0 Å². The molecule has 2 aromatic carbocycles. The van der Waals surface area contributed by atoms with Gasteiger partial charge in [-0.2, -0.15) is 0 Å². The third-order valence-corrected chi connectivity index (χ3v) is 7.88. The van der Waals surface area contributed by atoms with Crippen molar-refractivity contribution in [3.63, 3.8) is 0 Å². The Balaban J connectivity index is 0.00000274. The van der Waals surface area contributed by atoms with E-state index in [1.807, 2.05) is 24.3 Å². The number of para-hydroxylation sites is 1. The van der Waals surface area contributed by atoms with Gasteiger partial charge in [0, 0.05) is 31.6 Å².